The number of nitrogens with one attached hydrogen (secondary N) is 1. The largest absolute Gasteiger partial charge is 0.369 e. The Morgan fingerprint density at radius 2 is 2.16 bits per heavy atom. The van der Waals surface area contributed by atoms with Crippen LogP contribution >= 0.6 is 0 Å². The maximum absolute atomic E-state index is 4.39. The molecule has 2 aromatic heterocycles. The second-order valence-electron chi connectivity index (χ2n) is 5.05. The Morgan fingerprint density at radius 1 is 1.26 bits per heavy atom. The molecule has 19 heavy (non-hydrogen) atoms. The topological polar surface area (TPSA) is 55.6 Å². The van der Waals surface area contributed by atoms with E-state index < -0.39 is 0 Å². The number of hydrogen-bond donors (Lipinski definition) is 1. The highest BCUT2D eigenvalue weighted by Gasteiger charge is 2.14. The fraction of sp³-hybridized carbons (Fsp3) is 0.500. The van der Waals surface area contributed by atoms with Crippen molar-refractivity contribution in [2.75, 3.05) is 11.9 Å². The summed E-state index contributed by atoms with van der Waals surface area (Å²) in [5, 5.41) is 7.62. The Bertz CT molecular complexity index is 561. The van der Waals surface area contributed by atoms with E-state index in [1.807, 2.05) is 17.9 Å². The third-order valence-electron chi connectivity index (χ3n) is 3.59. The first-order valence-corrected chi connectivity index (χ1v) is 6.87. The second kappa shape index (κ2) is 5.38. The monoisotopic (exact) mass is 257 g/mol. The van der Waals surface area contributed by atoms with Gasteiger partial charge in [-0.15, -0.1) is 0 Å². The average molecular weight is 257 g/mol. The SMILES string of the molecule is Cn1cc(CCNc2ncnc3c2CCCC3)cn1. The van der Waals surface area contributed by atoms with Crippen LogP contribution in [0.5, 0.6) is 0 Å². The zero-order valence-corrected chi connectivity index (χ0v) is 11.3. The molecule has 0 atom stereocenters. The Balaban J connectivity index is 1.64. The molecule has 0 bridgehead atoms. The second-order valence-corrected chi connectivity index (χ2v) is 5.05. The van der Waals surface area contributed by atoms with Gasteiger partial charge < -0.3 is 5.32 Å². The summed E-state index contributed by atoms with van der Waals surface area (Å²) in [6.45, 7) is 0.884. The molecule has 0 unspecified atom stereocenters. The molecule has 0 aliphatic heterocycles. The lowest BCUT2D eigenvalue weighted by atomic mass is 9.96. The molecule has 0 fully saturated rings. The van der Waals surface area contributed by atoms with E-state index in [9.17, 15) is 0 Å². The van der Waals surface area contributed by atoms with E-state index in [-0.39, 0.29) is 0 Å². The molecule has 1 aliphatic rings. The van der Waals surface area contributed by atoms with Gasteiger partial charge in [0.1, 0.15) is 12.1 Å². The Kier molecular flexibility index (Phi) is 3.44. The van der Waals surface area contributed by atoms with E-state index in [4.69, 9.17) is 0 Å². The van der Waals surface area contributed by atoms with Crippen LogP contribution in [0.2, 0.25) is 0 Å². The smallest absolute Gasteiger partial charge is 0.132 e. The summed E-state index contributed by atoms with van der Waals surface area (Å²) in [6.07, 6.45) is 11.3. The van der Waals surface area contributed by atoms with Crippen LogP contribution in [0.15, 0.2) is 18.7 Å². The summed E-state index contributed by atoms with van der Waals surface area (Å²) < 4.78 is 1.84. The fourth-order valence-electron chi connectivity index (χ4n) is 2.60. The first-order valence-electron chi connectivity index (χ1n) is 6.87. The van der Waals surface area contributed by atoms with Crippen LogP contribution in [0.1, 0.15) is 29.7 Å². The third-order valence-corrected chi connectivity index (χ3v) is 3.59. The summed E-state index contributed by atoms with van der Waals surface area (Å²) in [4.78, 5) is 8.77. The van der Waals surface area contributed by atoms with Crippen molar-refractivity contribution >= 4 is 5.82 Å². The molecule has 2 heterocycles. The van der Waals surface area contributed by atoms with Crippen molar-refractivity contribution in [3.8, 4) is 0 Å². The highest BCUT2D eigenvalue weighted by molar-refractivity contribution is 5.47. The van der Waals surface area contributed by atoms with Crippen molar-refractivity contribution in [1.82, 2.24) is 19.7 Å². The summed E-state index contributed by atoms with van der Waals surface area (Å²) in [5.74, 6) is 1.02. The van der Waals surface area contributed by atoms with Crippen LogP contribution in [-0.4, -0.2) is 26.3 Å². The molecule has 0 saturated carbocycles. The lowest BCUT2D eigenvalue weighted by Gasteiger charge is -2.17. The standard InChI is InChI=1S/C14H19N5/c1-19-9-11(8-18-19)6-7-15-14-12-4-2-3-5-13(12)16-10-17-14/h8-10H,2-7H2,1H3,(H,15,16,17). The molecular weight excluding hydrogens is 238 g/mol. The van der Waals surface area contributed by atoms with Gasteiger partial charge in [-0.25, -0.2) is 9.97 Å². The fourth-order valence-corrected chi connectivity index (χ4v) is 2.60. The van der Waals surface area contributed by atoms with Crippen LogP contribution in [0, 0.1) is 0 Å². The predicted molar refractivity (Wildman–Crippen MR) is 74.1 cm³/mol. The Hall–Kier alpha value is -1.91. The highest BCUT2D eigenvalue weighted by atomic mass is 15.2. The van der Waals surface area contributed by atoms with Crippen molar-refractivity contribution in [2.24, 2.45) is 7.05 Å². The number of aryl methyl sites for hydroxylation is 2. The van der Waals surface area contributed by atoms with Gasteiger partial charge in [0, 0.05) is 31.0 Å². The number of hydrogen-bond acceptors (Lipinski definition) is 4. The van der Waals surface area contributed by atoms with E-state index >= 15 is 0 Å². The van der Waals surface area contributed by atoms with Crippen molar-refractivity contribution in [2.45, 2.75) is 32.1 Å². The van der Waals surface area contributed by atoms with Gasteiger partial charge in [0.15, 0.2) is 0 Å². The van der Waals surface area contributed by atoms with Crippen LogP contribution in [-0.2, 0) is 26.3 Å². The van der Waals surface area contributed by atoms with E-state index in [2.05, 4.69) is 26.6 Å². The van der Waals surface area contributed by atoms with Gasteiger partial charge in [-0.3, -0.25) is 4.68 Å². The molecule has 5 nitrogen and oxygen atoms in total. The molecule has 0 saturated heterocycles. The summed E-state index contributed by atoms with van der Waals surface area (Å²) in [6, 6.07) is 0. The highest BCUT2D eigenvalue weighted by Crippen LogP contribution is 2.24. The minimum Gasteiger partial charge on any atom is -0.369 e. The number of fused-ring (bicyclic) bond motifs is 1. The maximum Gasteiger partial charge on any atom is 0.132 e. The molecule has 0 aromatic carbocycles. The molecule has 1 N–H and O–H groups in total. The van der Waals surface area contributed by atoms with Gasteiger partial charge in [0.05, 0.1) is 6.20 Å². The van der Waals surface area contributed by atoms with Crippen molar-refractivity contribution in [3.63, 3.8) is 0 Å². The molecule has 100 valence electrons. The van der Waals surface area contributed by atoms with Gasteiger partial charge in [0.25, 0.3) is 0 Å². The van der Waals surface area contributed by atoms with Crippen LogP contribution in [0.3, 0.4) is 0 Å². The summed E-state index contributed by atoms with van der Waals surface area (Å²) >= 11 is 0. The van der Waals surface area contributed by atoms with E-state index in [1.165, 1.54) is 29.7 Å². The van der Waals surface area contributed by atoms with E-state index in [1.54, 1.807) is 6.33 Å². The third kappa shape index (κ3) is 2.75. The van der Waals surface area contributed by atoms with Gasteiger partial charge in [-0.2, -0.15) is 5.10 Å². The molecule has 2 aromatic rings. The van der Waals surface area contributed by atoms with Crippen LogP contribution < -0.4 is 5.32 Å². The molecule has 5 heteroatoms. The Morgan fingerprint density at radius 3 is 3.00 bits per heavy atom. The first-order chi connectivity index (χ1) is 9.33. The minimum atomic E-state index is 0.884. The quantitative estimate of drug-likeness (QED) is 0.906. The van der Waals surface area contributed by atoms with E-state index in [0.29, 0.717) is 0 Å². The van der Waals surface area contributed by atoms with Crippen molar-refractivity contribution in [3.05, 3.63) is 35.5 Å². The van der Waals surface area contributed by atoms with Crippen molar-refractivity contribution < 1.29 is 0 Å². The molecule has 3 rings (SSSR count). The van der Waals surface area contributed by atoms with Gasteiger partial charge >= 0.3 is 0 Å². The first kappa shape index (κ1) is 12.1. The zero-order chi connectivity index (χ0) is 13.1. The summed E-state index contributed by atoms with van der Waals surface area (Å²) in [7, 11) is 1.94. The number of rotatable bonds is 4. The maximum atomic E-state index is 4.39. The molecule has 0 amide bonds. The van der Waals surface area contributed by atoms with Crippen LogP contribution in [0.4, 0.5) is 5.82 Å². The van der Waals surface area contributed by atoms with Crippen molar-refractivity contribution in [1.29, 1.82) is 0 Å². The van der Waals surface area contributed by atoms with Crippen LogP contribution in [0.25, 0.3) is 0 Å². The number of anilines is 1. The molecule has 0 radical (unpaired) electrons. The van der Waals surface area contributed by atoms with Gasteiger partial charge in [0.2, 0.25) is 0 Å². The zero-order valence-electron chi connectivity index (χ0n) is 11.3. The lowest BCUT2D eigenvalue weighted by molar-refractivity contribution is 0.663. The van der Waals surface area contributed by atoms with Gasteiger partial charge in [-0.05, 0) is 37.7 Å². The molecule has 1 aliphatic carbocycles. The summed E-state index contributed by atoms with van der Waals surface area (Å²) in [5.41, 5.74) is 3.79. The Labute approximate surface area is 113 Å². The average Bonchev–Trinajstić information content (AvgIpc) is 2.85. The number of nitrogens with zero attached hydrogens (tertiary/aromatic N) is 4. The van der Waals surface area contributed by atoms with Gasteiger partial charge in [-0.1, -0.05) is 0 Å². The predicted octanol–water partition coefficient (Wildman–Crippen LogP) is 1.74. The minimum absolute atomic E-state index is 0.884. The normalized spacial score (nSPS) is 14.2. The lowest BCUT2D eigenvalue weighted by Crippen LogP contribution is -2.13. The van der Waals surface area contributed by atoms with E-state index in [0.717, 1.165) is 31.6 Å². The number of aromatic nitrogens is 4. The molecule has 0 spiro atoms. The molecular formula is C14H19N5.